The van der Waals surface area contributed by atoms with E-state index in [1.54, 1.807) is 33.2 Å². The molecule has 6 heteroatoms. The maximum atomic E-state index is 11.9. The quantitative estimate of drug-likeness (QED) is 0.891. The van der Waals surface area contributed by atoms with Gasteiger partial charge < -0.3 is 14.3 Å². The SMILES string of the molecule is Cc1nc(C)c(CNC(=O)c2cccn(C)c2=O)o1. The number of aryl methyl sites for hydroxylation is 3. The number of nitrogens with zero attached hydrogens (tertiary/aromatic N) is 2. The van der Waals surface area contributed by atoms with E-state index in [2.05, 4.69) is 10.3 Å². The normalized spacial score (nSPS) is 10.5. The zero-order valence-corrected chi connectivity index (χ0v) is 11.1. The fourth-order valence-electron chi connectivity index (χ4n) is 1.76. The number of pyridine rings is 1. The number of aromatic nitrogens is 2. The summed E-state index contributed by atoms with van der Waals surface area (Å²) < 4.78 is 6.71. The highest BCUT2D eigenvalue weighted by Crippen LogP contribution is 2.08. The highest BCUT2D eigenvalue weighted by Gasteiger charge is 2.13. The topological polar surface area (TPSA) is 77.1 Å². The summed E-state index contributed by atoms with van der Waals surface area (Å²) in [5.41, 5.74) is 0.517. The maximum Gasteiger partial charge on any atom is 0.263 e. The third kappa shape index (κ3) is 2.73. The first-order valence-electron chi connectivity index (χ1n) is 5.86. The van der Waals surface area contributed by atoms with Crippen molar-refractivity contribution in [2.24, 2.45) is 7.05 Å². The lowest BCUT2D eigenvalue weighted by atomic mass is 10.2. The van der Waals surface area contributed by atoms with E-state index in [0.717, 1.165) is 5.69 Å². The van der Waals surface area contributed by atoms with Crippen LogP contribution in [0.1, 0.15) is 27.7 Å². The number of oxazole rings is 1. The third-order valence-electron chi connectivity index (χ3n) is 2.78. The molecule has 100 valence electrons. The lowest BCUT2D eigenvalue weighted by Crippen LogP contribution is -2.31. The summed E-state index contributed by atoms with van der Waals surface area (Å²) >= 11 is 0. The molecular weight excluding hydrogens is 246 g/mol. The van der Waals surface area contributed by atoms with Crippen LogP contribution in [0, 0.1) is 13.8 Å². The minimum Gasteiger partial charge on any atom is -0.444 e. The van der Waals surface area contributed by atoms with Crippen LogP contribution in [0.15, 0.2) is 27.5 Å². The van der Waals surface area contributed by atoms with Gasteiger partial charge in [0.25, 0.3) is 11.5 Å². The van der Waals surface area contributed by atoms with Crippen molar-refractivity contribution in [2.45, 2.75) is 20.4 Å². The van der Waals surface area contributed by atoms with Gasteiger partial charge in [-0.15, -0.1) is 0 Å². The number of hydrogen-bond donors (Lipinski definition) is 1. The highest BCUT2D eigenvalue weighted by molar-refractivity contribution is 5.93. The zero-order valence-electron chi connectivity index (χ0n) is 11.1. The summed E-state index contributed by atoms with van der Waals surface area (Å²) in [7, 11) is 1.60. The van der Waals surface area contributed by atoms with Crippen LogP contribution in [0.3, 0.4) is 0 Å². The molecule has 0 aliphatic carbocycles. The zero-order chi connectivity index (χ0) is 14.0. The summed E-state index contributed by atoms with van der Waals surface area (Å²) in [5.74, 6) is 0.727. The molecule has 19 heavy (non-hydrogen) atoms. The minimum absolute atomic E-state index is 0.110. The van der Waals surface area contributed by atoms with E-state index in [9.17, 15) is 9.59 Å². The van der Waals surface area contributed by atoms with Crippen molar-refractivity contribution in [1.82, 2.24) is 14.9 Å². The largest absolute Gasteiger partial charge is 0.444 e. The molecule has 0 spiro atoms. The van der Waals surface area contributed by atoms with Gasteiger partial charge >= 0.3 is 0 Å². The van der Waals surface area contributed by atoms with Gasteiger partial charge in [0, 0.05) is 20.2 Å². The molecule has 0 saturated carbocycles. The van der Waals surface area contributed by atoms with Gasteiger partial charge in [0.2, 0.25) is 0 Å². The summed E-state index contributed by atoms with van der Waals surface area (Å²) in [6, 6.07) is 3.15. The average molecular weight is 261 g/mol. The van der Waals surface area contributed by atoms with Gasteiger partial charge in [-0.05, 0) is 19.1 Å². The van der Waals surface area contributed by atoms with Gasteiger partial charge in [0.05, 0.1) is 12.2 Å². The Morgan fingerprint density at radius 2 is 2.21 bits per heavy atom. The van der Waals surface area contributed by atoms with Crippen molar-refractivity contribution in [2.75, 3.05) is 0 Å². The van der Waals surface area contributed by atoms with Crippen LogP contribution >= 0.6 is 0 Å². The van der Waals surface area contributed by atoms with Gasteiger partial charge in [-0.2, -0.15) is 0 Å². The molecule has 6 nitrogen and oxygen atoms in total. The number of rotatable bonds is 3. The van der Waals surface area contributed by atoms with Crippen LogP contribution in [0.25, 0.3) is 0 Å². The minimum atomic E-state index is -0.422. The molecule has 0 unspecified atom stereocenters. The Kier molecular flexibility index (Phi) is 3.50. The van der Waals surface area contributed by atoms with E-state index in [1.807, 2.05) is 0 Å². The van der Waals surface area contributed by atoms with Crippen molar-refractivity contribution < 1.29 is 9.21 Å². The van der Waals surface area contributed by atoms with Gasteiger partial charge in [0.15, 0.2) is 5.89 Å². The summed E-state index contributed by atoms with van der Waals surface area (Å²) in [6.45, 7) is 3.76. The predicted molar refractivity (Wildman–Crippen MR) is 68.8 cm³/mol. The molecule has 0 radical (unpaired) electrons. The van der Waals surface area contributed by atoms with Crippen molar-refractivity contribution in [3.05, 3.63) is 51.6 Å². The van der Waals surface area contributed by atoms with Gasteiger partial charge in [-0.25, -0.2) is 4.98 Å². The molecular formula is C13H15N3O3. The van der Waals surface area contributed by atoms with Crippen molar-refractivity contribution in [3.63, 3.8) is 0 Å². The first-order valence-corrected chi connectivity index (χ1v) is 5.86. The summed E-state index contributed by atoms with van der Waals surface area (Å²) in [5, 5.41) is 2.65. The average Bonchev–Trinajstić information content (AvgIpc) is 2.68. The van der Waals surface area contributed by atoms with Crippen LogP contribution < -0.4 is 10.9 Å². The van der Waals surface area contributed by atoms with Gasteiger partial charge in [0.1, 0.15) is 11.3 Å². The lowest BCUT2D eigenvalue weighted by molar-refractivity contribution is 0.0945. The Hall–Kier alpha value is -2.37. The van der Waals surface area contributed by atoms with Crippen LogP contribution in [-0.4, -0.2) is 15.5 Å². The number of amides is 1. The molecule has 2 aromatic rings. The molecule has 2 aromatic heterocycles. The van der Waals surface area contributed by atoms with E-state index in [4.69, 9.17) is 4.42 Å². The first-order chi connectivity index (χ1) is 8.99. The Bertz CT molecular complexity index is 670. The number of carbonyl (C=O) groups excluding carboxylic acids is 1. The highest BCUT2D eigenvalue weighted by atomic mass is 16.4. The summed E-state index contributed by atoms with van der Waals surface area (Å²) in [4.78, 5) is 27.8. The van der Waals surface area contributed by atoms with E-state index >= 15 is 0 Å². The molecule has 0 bridgehead atoms. The van der Waals surface area contributed by atoms with E-state index in [0.29, 0.717) is 11.7 Å². The lowest BCUT2D eigenvalue weighted by Gasteiger charge is -2.04. The standard InChI is InChI=1S/C13H15N3O3/c1-8-11(19-9(2)15-8)7-14-12(17)10-5-4-6-16(3)13(10)18/h4-6H,7H2,1-3H3,(H,14,17). The smallest absolute Gasteiger partial charge is 0.263 e. The van der Waals surface area contributed by atoms with Crippen molar-refractivity contribution in [3.8, 4) is 0 Å². The molecule has 0 saturated heterocycles. The molecule has 2 heterocycles. The monoisotopic (exact) mass is 261 g/mol. The molecule has 0 atom stereocenters. The maximum absolute atomic E-state index is 11.9. The third-order valence-corrected chi connectivity index (χ3v) is 2.78. The van der Waals surface area contributed by atoms with Crippen LogP contribution in [0.2, 0.25) is 0 Å². The van der Waals surface area contributed by atoms with Crippen LogP contribution in [0.5, 0.6) is 0 Å². The second kappa shape index (κ2) is 5.09. The van der Waals surface area contributed by atoms with E-state index in [1.165, 1.54) is 10.6 Å². The molecule has 1 N–H and O–H groups in total. The van der Waals surface area contributed by atoms with Gasteiger partial charge in [-0.3, -0.25) is 9.59 Å². The van der Waals surface area contributed by atoms with Gasteiger partial charge in [-0.1, -0.05) is 0 Å². The number of hydrogen-bond acceptors (Lipinski definition) is 4. The first kappa shape index (κ1) is 13.1. The van der Waals surface area contributed by atoms with E-state index < -0.39 is 5.91 Å². The Morgan fingerprint density at radius 3 is 2.84 bits per heavy atom. The fraction of sp³-hybridized carbons (Fsp3) is 0.308. The second-order valence-corrected chi connectivity index (χ2v) is 4.26. The van der Waals surface area contributed by atoms with Crippen molar-refractivity contribution >= 4 is 5.91 Å². The van der Waals surface area contributed by atoms with Crippen LogP contribution in [-0.2, 0) is 13.6 Å². The Morgan fingerprint density at radius 1 is 1.47 bits per heavy atom. The predicted octanol–water partition coefficient (Wildman–Crippen LogP) is 0.920. The molecule has 0 fully saturated rings. The Balaban J connectivity index is 2.12. The Labute approximate surface area is 110 Å². The molecule has 2 rings (SSSR count). The number of nitrogens with one attached hydrogen (secondary N) is 1. The van der Waals surface area contributed by atoms with Crippen LogP contribution in [0.4, 0.5) is 0 Å². The van der Waals surface area contributed by atoms with E-state index in [-0.39, 0.29) is 17.7 Å². The molecule has 0 aromatic carbocycles. The fourth-order valence-corrected chi connectivity index (χ4v) is 1.76. The molecule has 0 aliphatic heterocycles. The molecule has 0 aliphatic rings. The number of carbonyl (C=O) groups is 1. The molecule has 1 amide bonds. The second-order valence-electron chi connectivity index (χ2n) is 4.26. The van der Waals surface area contributed by atoms with Crippen molar-refractivity contribution in [1.29, 1.82) is 0 Å². The summed E-state index contributed by atoms with van der Waals surface area (Å²) in [6.07, 6.45) is 1.60.